The summed E-state index contributed by atoms with van der Waals surface area (Å²) in [5.41, 5.74) is -2.20. The van der Waals surface area contributed by atoms with E-state index in [2.05, 4.69) is 22.6 Å². The lowest BCUT2D eigenvalue weighted by molar-refractivity contribution is -0.328. The van der Waals surface area contributed by atoms with E-state index >= 15 is 0 Å². The Balaban J connectivity index is 5.52. The summed E-state index contributed by atoms with van der Waals surface area (Å²) < 4.78 is -0.164. The first kappa shape index (κ1) is 18.6. The second-order valence-corrected chi connectivity index (χ2v) is 9.16. The Hall–Kier alpha value is 0.570. The summed E-state index contributed by atoms with van der Waals surface area (Å²) in [6, 6.07) is 0. The fourth-order valence-corrected chi connectivity index (χ4v) is 2.43. The number of aliphatic hydroxyl groups excluding tert-OH is 1. The first-order valence-corrected chi connectivity index (χ1v) is 7.22. The summed E-state index contributed by atoms with van der Waals surface area (Å²) in [4.78, 5) is 0. The maximum atomic E-state index is 10.5. The van der Waals surface area contributed by atoms with Crippen LogP contribution in [-0.2, 0) is 0 Å². The zero-order valence-corrected chi connectivity index (χ0v) is 14.5. The summed E-state index contributed by atoms with van der Waals surface area (Å²) in [7, 11) is 0. The molecule has 110 valence electrons. The molecule has 4 nitrogen and oxygen atoms in total. The van der Waals surface area contributed by atoms with E-state index < -0.39 is 23.4 Å². The van der Waals surface area contributed by atoms with E-state index in [9.17, 15) is 20.4 Å². The Morgan fingerprint density at radius 2 is 1.22 bits per heavy atom. The summed E-state index contributed by atoms with van der Waals surface area (Å²) in [6.07, 6.45) is -1.44. The molecule has 4 N–H and O–H groups in total. The summed E-state index contributed by atoms with van der Waals surface area (Å²) in [5, 5.41) is 39.9. The molecular formula is C13H27IO4. The molecule has 0 spiro atoms. The molecule has 0 amide bonds. The molecule has 0 heterocycles. The molecule has 0 aromatic carbocycles. The first-order valence-electron chi connectivity index (χ1n) is 6.14. The average Bonchev–Trinajstić information content (AvgIpc) is 2.13. The molecule has 18 heavy (non-hydrogen) atoms. The number of rotatable bonds is 5. The van der Waals surface area contributed by atoms with E-state index in [1.54, 1.807) is 6.92 Å². The number of hydrogen-bond acceptors (Lipinski definition) is 4. The zero-order chi connectivity index (χ0) is 15.2. The van der Waals surface area contributed by atoms with Gasteiger partial charge < -0.3 is 20.4 Å². The molecule has 5 heteroatoms. The first-order chi connectivity index (χ1) is 7.60. The third-order valence-electron chi connectivity index (χ3n) is 4.79. The van der Waals surface area contributed by atoms with Crippen molar-refractivity contribution in [3.8, 4) is 0 Å². The van der Waals surface area contributed by atoms with Crippen molar-refractivity contribution in [2.45, 2.75) is 69.4 Å². The minimum Gasteiger partial charge on any atom is -0.388 e. The number of alkyl halides is 1. The average molecular weight is 374 g/mol. The Morgan fingerprint density at radius 3 is 1.44 bits per heavy atom. The van der Waals surface area contributed by atoms with Crippen LogP contribution in [0.1, 0.15) is 48.5 Å². The van der Waals surface area contributed by atoms with E-state index in [0.717, 1.165) is 0 Å². The predicted molar refractivity (Wildman–Crippen MR) is 80.5 cm³/mol. The molecule has 0 aromatic heterocycles. The van der Waals surface area contributed by atoms with Crippen molar-refractivity contribution in [1.82, 2.24) is 0 Å². The molecule has 0 fully saturated rings. The summed E-state index contributed by atoms with van der Waals surface area (Å²) >= 11 is 2.28. The Labute approximate surface area is 124 Å². The van der Waals surface area contributed by atoms with E-state index in [0.29, 0.717) is 0 Å². The van der Waals surface area contributed by atoms with Crippen LogP contribution in [0, 0.1) is 11.3 Å². The molecular weight excluding hydrogens is 347 g/mol. The van der Waals surface area contributed by atoms with Crippen LogP contribution in [0.2, 0.25) is 0 Å². The molecule has 0 bridgehead atoms. The molecule has 0 radical (unpaired) electrons. The fraction of sp³-hybridized carbons (Fsp3) is 1.00. The van der Waals surface area contributed by atoms with Crippen molar-refractivity contribution in [2.24, 2.45) is 11.3 Å². The molecule has 0 rings (SSSR count). The Kier molecular flexibility index (Phi) is 5.33. The number of halogens is 1. The van der Waals surface area contributed by atoms with E-state index in [1.807, 2.05) is 27.7 Å². The normalized spacial score (nSPS) is 21.3. The highest BCUT2D eigenvalue weighted by atomic mass is 127. The number of aliphatic hydroxyl groups is 4. The van der Waals surface area contributed by atoms with Gasteiger partial charge >= 0.3 is 0 Å². The molecule has 3 unspecified atom stereocenters. The second-order valence-electron chi connectivity index (χ2n) is 6.47. The molecule has 0 saturated carbocycles. The molecule has 0 aliphatic rings. The van der Waals surface area contributed by atoms with Gasteiger partial charge in [0.15, 0.2) is 0 Å². The van der Waals surface area contributed by atoms with Gasteiger partial charge in [0.2, 0.25) is 5.79 Å². The van der Waals surface area contributed by atoms with Gasteiger partial charge in [0, 0.05) is 3.42 Å². The van der Waals surface area contributed by atoms with Gasteiger partial charge in [-0.05, 0) is 25.2 Å². The maximum Gasteiger partial charge on any atom is 0.219 e. The van der Waals surface area contributed by atoms with Gasteiger partial charge in [0.05, 0.1) is 0 Å². The van der Waals surface area contributed by atoms with Crippen LogP contribution in [0.25, 0.3) is 0 Å². The van der Waals surface area contributed by atoms with Crippen LogP contribution in [0.5, 0.6) is 0 Å². The van der Waals surface area contributed by atoms with Crippen molar-refractivity contribution in [1.29, 1.82) is 0 Å². The summed E-state index contributed by atoms with van der Waals surface area (Å²) in [6.45, 7) is 12.4. The van der Waals surface area contributed by atoms with Crippen LogP contribution in [0.4, 0.5) is 0 Å². The van der Waals surface area contributed by atoms with Crippen LogP contribution < -0.4 is 0 Å². The van der Waals surface area contributed by atoms with Crippen LogP contribution in [-0.4, -0.2) is 41.3 Å². The predicted octanol–water partition coefficient (Wildman–Crippen LogP) is 1.67. The lowest BCUT2D eigenvalue weighted by atomic mass is 9.62. The second kappa shape index (κ2) is 5.16. The molecule has 0 aliphatic carbocycles. The van der Waals surface area contributed by atoms with Crippen LogP contribution in [0.3, 0.4) is 0 Å². The third-order valence-corrected chi connectivity index (χ3v) is 6.18. The van der Waals surface area contributed by atoms with Gasteiger partial charge in [-0.3, -0.25) is 0 Å². The topological polar surface area (TPSA) is 80.9 Å². The van der Waals surface area contributed by atoms with E-state index in [4.69, 9.17) is 0 Å². The molecule has 3 atom stereocenters. The van der Waals surface area contributed by atoms with Crippen molar-refractivity contribution in [3.63, 3.8) is 0 Å². The molecule has 0 aromatic rings. The zero-order valence-electron chi connectivity index (χ0n) is 12.3. The number of hydrogen-bond donors (Lipinski definition) is 4. The lowest BCUT2D eigenvalue weighted by Gasteiger charge is -2.52. The SMILES string of the molecule is CC(C(C)(C)C(C)(C)I)C(C)(O)C(O)(O)C(C)O. The van der Waals surface area contributed by atoms with E-state index in [-0.39, 0.29) is 8.84 Å². The largest absolute Gasteiger partial charge is 0.388 e. The van der Waals surface area contributed by atoms with Crippen molar-refractivity contribution in [2.75, 3.05) is 0 Å². The summed E-state index contributed by atoms with van der Waals surface area (Å²) in [5.74, 6) is -2.99. The van der Waals surface area contributed by atoms with Crippen molar-refractivity contribution >= 4 is 22.6 Å². The highest BCUT2D eigenvalue weighted by Gasteiger charge is 2.57. The minimum absolute atomic E-state index is 0.164. The molecule has 0 saturated heterocycles. The maximum absolute atomic E-state index is 10.5. The van der Waals surface area contributed by atoms with E-state index in [1.165, 1.54) is 13.8 Å². The minimum atomic E-state index is -2.55. The lowest BCUT2D eigenvalue weighted by Crippen LogP contribution is -2.65. The Morgan fingerprint density at radius 1 is 0.889 bits per heavy atom. The van der Waals surface area contributed by atoms with Crippen LogP contribution >= 0.6 is 22.6 Å². The third kappa shape index (κ3) is 3.00. The molecule has 0 aliphatic heterocycles. The Bertz CT molecular complexity index is 290. The van der Waals surface area contributed by atoms with Crippen molar-refractivity contribution < 1.29 is 20.4 Å². The standard InChI is InChI=1S/C13H27IO4/c1-8(10(3,4)11(5,6)14)12(7,16)13(17,18)9(2)15/h8-9,15-18H,1-7H3. The highest BCUT2D eigenvalue weighted by Crippen LogP contribution is 2.50. The smallest absolute Gasteiger partial charge is 0.219 e. The van der Waals surface area contributed by atoms with Crippen molar-refractivity contribution in [3.05, 3.63) is 0 Å². The van der Waals surface area contributed by atoms with Gasteiger partial charge in [-0.15, -0.1) is 0 Å². The monoisotopic (exact) mass is 374 g/mol. The quantitative estimate of drug-likeness (QED) is 0.335. The van der Waals surface area contributed by atoms with Gasteiger partial charge in [0.25, 0.3) is 0 Å². The van der Waals surface area contributed by atoms with Gasteiger partial charge in [-0.2, -0.15) is 0 Å². The van der Waals surface area contributed by atoms with Gasteiger partial charge in [-0.1, -0.05) is 57.2 Å². The van der Waals surface area contributed by atoms with Gasteiger partial charge in [0.1, 0.15) is 11.7 Å². The fourth-order valence-electron chi connectivity index (χ4n) is 1.96. The van der Waals surface area contributed by atoms with Crippen LogP contribution in [0.15, 0.2) is 0 Å². The highest BCUT2D eigenvalue weighted by molar-refractivity contribution is 14.1. The van der Waals surface area contributed by atoms with Gasteiger partial charge in [-0.25, -0.2) is 0 Å².